The topological polar surface area (TPSA) is 20.2 Å². The Morgan fingerprint density at radius 1 is 0.808 bits per heavy atom. The molecule has 0 amide bonds. The zero-order chi connectivity index (χ0) is 19.1. The first-order valence-electron chi connectivity index (χ1n) is 10.5. The fourth-order valence-corrected chi connectivity index (χ4v) is 4.06. The number of phenols is 1. The van der Waals surface area contributed by atoms with E-state index in [4.69, 9.17) is 0 Å². The predicted octanol–water partition coefficient (Wildman–Crippen LogP) is 7.43. The monoisotopic (exact) mass is 352 g/mol. The van der Waals surface area contributed by atoms with Crippen LogP contribution in [0.25, 0.3) is 11.1 Å². The van der Waals surface area contributed by atoms with Gasteiger partial charge in [0.1, 0.15) is 5.75 Å². The minimum absolute atomic E-state index is 0.422. The van der Waals surface area contributed by atoms with Gasteiger partial charge in [-0.25, -0.2) is 0 Å². The number of benzene rings is 2. The first kappa shape index (κ1) is 20.6. The van der Waals surface area contributed by atoms with E-state index in [0.717, 1.165) is 44.1 Å². The molecule has 1 heteroatoms. The number of hydrogen-bond donors (Lipinski definition) is 1. The van der Waals surface area contributed by atoms with Crippen molar-refractivity contribution in [3.8, 4) is 16.9 Å². The molecule has 0 aliphatic carbocycles. The van der Waals surface area contributed by atoms with Crippen molar-refractivity contribution in [2.45, 2.75) is 85.5 Å². The van der Waals surface area contributed by atoms with E-state index in [9.17, 15) is 5.11 Å². The van der Waals surface area contributed by atoms with Crippen LogP contribution in [-0.4, -0.2) is 5.11 Å². The summed E-state index contributed by atoms with van der Waals surface area (Å²) in [6.45, 7) is 11.3. The van der Waals surface area contributed by atoms with E-state index in [1.807, 2.05) is 12.1 Å². The van der Waals surface area contributed by atoms with Gasteiger partial charge in [0.15, 0.2) is 0 Å². The molecule has 0 aliphatic heterocycles. The number of phenolic OH excluding ortho intramolecular Hbond substituents is 1. The van der Waals surface area contributed by atoms with E-state index in [1.165, 1.54) is 34.2 Å². The summed E-state index contributed by atoms with van der Waals surface area (Å²) in [6, 6.07) is 10.6. The van der Waals surface area contributed by atoms with Gasteiger partial charge in [-0.05, 0) is 65.5 Å². The van der Waals surface area contributed by atoms with E-state index >= 15 is 0 Å². The molecule has 0 saturated heterocycles. The molecule has 2 aromatic carbocycles. The van der Waals surface area contributed by atoms with Gasteiger partial charge in [-0.1, -0.05) is 78.1 Å². The zero-order valence-corrected chi connectivity index (χ0v) is 17.4. The third-order valence-corrected chi connectivity index (χ3v) is 5.53. The van der Waals surface area contributed by atoms with Crippen LogP contribution in [0.3, 0.4) is 0 Å². The summed E-state index contributed by atoms with van der Waals surface area (Å²) in [5.41, 5.74) is 8.09. The summed E-state index contributed by atoms with van der Waals surface area (Å²) >= 11 is 0. The summed E-state index contributed by atoms with van der Waals surface area (Å²) in [6.07, 6.45) is 7.90. The van der Waals surface area contributed by atoms with Crippen molar-refractivity contribution in [2.24, 2.45) is 0 Å². The maximum atomic E-state index is 10.8. The lowest BCUT2D eigenvalue weighted by Gasteiger charge is -2.23. The lowest BCUT2D eigenvalue weighted by molar-refractivity contribution is 0.476. The highest BCUT2D eigenvalue weighted by atomic mass is 16.3. The van der Waals surface area contributed by atoms with E-state index in [1.54, 1.807) is 0 Å². The minimum atomic E-state index is 0.422. The molecular formula is C25H36O. The number of rotatable bonds is 9. The van der Waals surface area contributed by atoms with Gasteiger partial charge >= 0.3 is 0 Å². The summed E-state index contributed by atoms with van der Waals surface area (Å²) in [5.74, 6) is 0.863. The molecule has 0 spiro atoms. The molecule has 1 unspecified atom stereocenters. The molecule has 2 aromatic rings. The van der Waals surface area contributed by atoms with Crippen LogP contribution in [-0.2, 0) is 19.3 Å². The van der Waals surface area contributed by atoms with E-state index in [2.05, 4.69) is 52.8 Å². The highest BCUT2D eigenvalue weighted by Crippen LogP contribution is 2.41. The Kier molecular flexibility index (Phi) is 7.75. The Bertz CT molecular complexity index is 714. The molecule has 0 bridgehead atoms. The van der Waals surface area contributed by atoms with Crippen molar-refractivity contribution in [1.82, 2.24) is 0 Å². The van der Waals surface area contributed by atoms with Crippen molar-refractivity contribution < 1.29 is 5.11 Å². The van der Waals surface area contributed by atoms with Crippen LogP contribution in [0.1, 0.15) is 88.5 Å². The Morgan fingerprint density at radius 3 is 2.08 bits per heavy atom. The van der Waals surface area contributed by atoms with Crippen LogP contribution < -0.4 is 0 Å². The second-order valence-electron chi connectivity index (χ2n) is 7.53. The minimum Gasteiger partial charge on any atom is -0.507 e. The fourth-order valence-electron chi connectivity index (χ4n) is 4.06. The van der Waals surface area contributed by atoms with Gasteiger partial charge in [-0.3, -0.25) is 0 Å². The molecule has 0 aliphatic rings. The Hall–Kier alpha value is -1.76. The van der Waals surface area contributed by atoms with Gasteiger partial charge in [-0.2, -0.15) is 0 Å². The molecule has 0 fully saturated rings. The number of aryl methyl sites for hydroxylation is 1. The highest BCUT2D eigenvalue weighted by molar-refractivity contribution is 5.78. The second-order valence-corrected chi connectivity index (χ2v) is 7.53. The second kappa shape index (κ2) is 9.80. The van der Waals surface area contributed by atoms with Crippen LogP contribution in [0.15, 0.2) is 30.3 Å². The molecule has 1 atom stereocenters. The molecule has 0 aromatic heterocycles. The SMILES string of the molecule is CCCc1ccc(-c2c(O)cccc2C(C)CC)c(CCC)c1CCC. The highest BCUT2D eigenvalue weighted by Gasteiger charge is 2.20. The molecule has 26 heavy (non-hydrogen) atoms. The van der Waals surface area contributed by atoms with Gasteiger partial charge in [0.25, 0.3) is 0 Å². The zero-order valence-electron chi connectivity index (χ0n) is 17.4. The summed E-state index contributed by atoms with van der Waals surface area (Å²) < 4.78 is 0. The molecular weight excluding hydrogens is 316 g/mol. The maximum Gasteiger partial charge on any atom is 0.123 e. The Morgan fingerprint density at radius 2 is 1.46 bits per heavy atom. The van der Waals surface area contributed by atoms with Crippen molar-refractivity contribution in [3.63, 3.8) is 0 Å². The number of aromatic hydroxyl groups is 1. The van der Waals surface area contributed by atoms with E-state index < -0.39 is 0 Å². The van der Waals surface area contributed by atoms with Crippen molar-refractivity contribution in [3.05, 3.63) is 52.6 Å². The van der Waals surface area contributed by atoms with Crippen molar-refractivity contribution in [1.29, 1.82) is 0 Å². The van der Waals surface area contributed by atoms with Crippen LogP contribution in [0, 0.1) is 0 Å². The maximum absolute atomic E-state index is 10.8. The quantitative estimate of drug-likeness (QED) is 0.497. The van der Waals surface area contributed by atoms with E-state index in [-0.39, 0.29) is 0 Å². The van der Waals surface area contributed by atoms with Crippen LogP contribution in [0.5, 0.6) is 5.75 Å². The third kappa shape index (κ3) is 4.31. The standard InChI is InChI=1S/C25H36O/c1-6-11-19-16-17-23(22(13-8-3)21(19)12-7-2)25-20(18(5)9-4)14-10-15-24(25)26/h10,14-18,26H,6-9,11-13H2,1-5H3. The molecule has 142 valence electrons. The lowest BCUT2D eigenvalue weighted by Crippen LogP contribution is -2.05. The van der Waals surface area contributed by atoms with Gasteiger partial charge in [0.05, 0.1) is 0 Å². The third-order valence-electron chi connectivity index (χ3n) is 5.53. The largest absolute Gasteiger partial charge is 0.507 e. The van der Waals surface area contributed by atoms with Gasteiger partial charge in [-0.15, -0.1) is 0 Å². The first-order chi connectivity index (χ1) is 12.6. The van der Waals surface area contributed by atoms with Gasteiger partial charge in [0.2, 0.25) is 0 Å². The van der Waals surface area contributed by atoms with Gasteiger partial charge in [0, 0.05) is 5.56 Å². The molecule has 1 N–H and O–H groups in total. The molecule has 0 saturated carbocycles. The van der Waals surface area contributed by atoms with Gasteiger partial charge < -0.3 is 5.11 Å². The average molecular weight is 353 g/mol. The Labute approximate surface area is 160 Å². The molecule has 0 heterocycles. The summed E-state index contributed by atoms with van der Waals surface area (Å²) in [7, 11) is 0. The molecule has 2 rings (SSSR count). The van der Waals surface area contributed by atoms with Crippen LogP contribution in [0.4, 0.5) is 0 Å². The average Bonchev–Trinajstić information content (AvgIpc) is 2.64. The lowest BCUT2D eigenvalue weighted by atomic mass is 9.82. The Balaban J connectivity index is 2.76. The molecule has 1 nitrogen and oxygen atoms in total. The van der Waals surface area contributed by atoms with E-state index in [0.29, 0.717) is 11.7 Å². The molecule has 0 radical (unpaired) electrons. The first-order valence-corrected chi connectivity index (χ1v) is 10.5. The summed E-state index contributed by atoms with van der Waals surface area (Å²) in [5, 5.41) is 10.8. The van der Waals surface area contributed by atoms with Crippen LogP contribution in [0.2, 0.25) is 0 Å². The number of hydrogen-bond acceptors (Lipinski definition) is 1. The fraction of sp³-hybridized carbons (Fsp3) is 0.520. The van der Waals surface area contributed by atoms with Crippen molar-refractivity contribution in [2.75, 3.05) is 0 Å². The normalized spacial score (nSPS) is 12.3. The van der Waals surface area contributed by atoms with Crippen LogP contribution >= 0.6 is 0 Å². The summed E-state index contributed by atoms with van der Waals surface area (Å²) in [4.78, 5) is 0. The predicted molar refractivity (Wildman–Crippen MR) is 114 cm³/mol. The van der Waals surface area contributed by atoms with Crippen molar-refractivity contribution >= 4 is 0 Å². The smallest absolute Gasteiger partial charge is 0.123 e.